The number of rotatable bonds is 6. The first kappa shape index (κ1) is 46.8. The molecule has 15 aromatic rings. The first-order valence-electron chi connectivity index (χ1n) is 27.1. The number of hydrogen-bond donors (Lipinski definition) is 0. The molecule has 0 radical (unpaired) electrons. The molecule has 378 valence electrons. The lowest BCUT2D eigenvalue weighted by Gasteiger charge is -2.27. The van der Waals surface area contributed by atoms with Gasteiger partial charge in [0.25, 0.3) is 0 Å². The second-order valence-corrected chi connectivity index (χ2v) is 25.6. The summed E-state index contributed by atoms with van der Waals surface area (Å²) >= 11 is 3.78. The van der Waals surface area contributed by atoms with Gasteiger partial charge < -0.3 is 18.6 Å². The highest BCUT2D eigenvalue weighted by molar-refractivity contribution is 7.28. The third kappa shape index (κ3) is 7.16. The molecule has 15 rings (SSSR count). The van der Waals surface area contributed by atoms with Gasteiger partial charge in [-0.05, 0) is 142 Å². The predicted octanol–water partition coefficient (Wildman–Crippen LogP) is 22.7. The Hall–Kier alpha value is -8.42. The Kier molecular flexibility index (Phi) is 10.2. The second-order valence-electron chi connectivity index (χ2n) is 23.4. The minimum atomic E-state index is -0.0706. The Labute approximate surface area is 461 Å². The summed E-state index contributed by atoms with van der Waals surface area (Å²) in [5.41, 5.74) is 14.8. The molecule has 6 heteroatoms. The number of anilines is 6. The molecular formula is C72H56N2O2S2. The zero-order valence-corrected chi connectivity index (χ0v) is 46.6. The number of fused-ring (bicyclic) bond motifs is 15. The molecule has 4 nitrogen and oxygen atoms in total. The number of aryl methyl sites for hydroxylation is 2. The molecule has 0 saturated heterocycles. The summed E-state index contributed by atoms with van der Waals surface area (Å²) in [5.74, 6) is 0. The van der Waals surface area contributed by atoms with E-state index in [4.69, 9.17) is 8.83 Å². The normalized spacial score (nSPS) is 12.6. The van der Waals surface area contributed by atoms with Gasteiger partial charge in [-0.1, -0.05) is 151 Å². The van der Waals surface area contributed by atoms with Crippen LogP contribution in [-0.4, -0.2) is 0 Å². The first-order chi connectivity index (χ1) is 37.7. The molecule has 0 aliphatic heterocycles. The fourth-order valence-corrected chi connectivity index (χ4v) is 14.7. The molecule has 0 saturated carbocycles. The molecule has 11 aromatic carbocycles. The fraction of sp³-hybridized carbons (Fsp3) is 0.139. The molecule has 0 bridgehead atoms. The van der Waals surface area contributed by atoms with E-state index in [2.05, 4.69) is 259 Å². The van der Waals surface area contributed by atoms with Crippen LogP contribution in [0.5, 0.6) is 0 Å². The van der Waals surface area contributed by atoms with E-state index in [1.165, 1.54) is 84.1 Å². The van der Waals surface area contributed by atoms with Gasteiger partial charge in [-0.2, -0.15) is 0 Å². The maximum atomic E-state index is 7.01. The summed E-state index contributed by atoms with van der Waals surface area (Å²) in [6.07, 6.45) is 0. The van der Waals surface area contributed by atoms with Gasteiger partial charge in [0.1, 0.15) is 11.2 Å². The maximum Gasteiger partial charge on any atom is 0.159 e. The first-order valence-corrected chi connectivity index (χ1v) is 28.7. The summed E-state index contributed by atoms with van der Waals surface area (Å²) < 4.78 is 19.2. The number of hydrogen-bond acceptors (Lipinski definition) is 6. The lowest BCUT2D eigenvalue weighted by Crippen LogP contribution is -2.11. The second kappa shape index (κ2) is 17.0. The Bertz CT molecular complexity index is 4680. The average Bonchev–Trinajstić information content (AvgIpc) is 4.23. The van der Waals surface area contributed by atoms with Crippen LogP contribution in [0.1, 0.15) is 63.8 Å². The average molecular weight is 1050 g/mol. The van der Waals surface area contributed by atoms with Crippen molar-refractivity contribution in [3.8, 4) is 0 Å². The lowest BCUT2D eigenvalue weighted by atomic mass is 9.86. The Balaban J connectivity index is 0.863. The zero-order valence-electron chi connectivity index (χ0n) is 45.0. The van der Waals surface area contributed by atoms with Crippen molar-refractivity contribution in [2.45, 2.75) is 66.2 Å². The van der Waals surface area contributed by atoms with Crippen molar-refractivity contribution in [1.29, 1.82) is 0 Å². The quantitative estimate of drug-likeness (QED) is 0.166. The minimum absolute atomic E-state index is 0.0706. The van der Waals surface area contributed by atoms with Gasteiger partial charge in [0.2, 0.25) is 0 Å². The summed E-state index contributed by atoms with van der Waals surface area (Å²) in [5, 5.41) is 14.7. The Morgan fingerprint density at radius 1 is 0.321 bits per heavy atom. The van der Waals surface area contributed by atoms with Gasteiger partial charge in [0.05, 0.1) is 11.4 Å². The summed E-state index contributed by atoms with van der Waals surface area (Å²) in [7, 11) is 0. The van der Waals surface area contributed by atoms with Crippen molar-refractivity contribution in [1.82, 2.24) is 0 Å². The smallest absolute Gasteiger partial charge is 0.159 e. The van der Waals surface area contributed by atoms with E-state index in [0.29, 0.717) is 0 Å². The molecule has 0 spiro atoms. The van der Waals surface area contributed by atoms with Crippen LogP contribution in [0, 0.1) is 13.8 Å². The Morgan fingerprint density at radius 3 is 1.12 bits per heavy atom. The number of furan rings is 2. The van der Waals surface area contributed by atoms with Gasteiger partial charge >= 0.3 is 0 Å². The standard InChI is InChI=1S/C72H56N2O2S2/c1-41-17-9-11-25-57(41)73(59-27-15-21-51-49-19-13-23-55(71(3,4)5)67(49)75-69(51)59)47-31-29-43-37-53-63(39-45(43)35-47)77-61-33-34-62-66(65(53)61)54-38-44-30-32-48(36-46(44)40-64(54)78-62)74(58-26-12-10-18-42(58)2)60-28-16-22-52-50-20-14-24-56(72(6,7)8)68(50)76-70(52)60/h9-40H,1-8H3. The van der Waals surface area contributed by atoms with Gasteiger partial charge in [0, 0.05) is 95.8 Å². The Morgan fingerprint density at radius 2 is 0.705 bits per heavy atom. The third-order valence-corrected chi connectivity index (χ3v) is 18.5. The fourth-order valence-electron chi connectivity index (χ4n) is 12.5. The highest BCUT2D eigenvalue weighted by Crippen LogP contribution is 2.50. The molecule has 0 amide bonds. The zero-order chi connectivity index (χ0) is 52.9. The van der Waals surface area contributed by atoms with Crippen LogP contribution >= 0.6 is 22.7 Å². The van der Waals surface area contributed by atoms with Crippen LogP contribution in [0.4, 0.5) is 34.1 Å². The van der Waals surface area contributed by atoms with Crippen molar-refractivity contribution >= 4 is 163 Å². The summed E-state index contributed by atoms with van der Waals surface area (Å²) in [4.78, 5) is 4.78. The monoisotopic (exact) mass is 1040 g/mol. The van der Waals surface area contributed by atoms with E-state index < -0.39 is 0 Å². The van der Waals surface area contributed by atoms with E-state index in [-0.39, 0.29) is 10.8 Å². The molecular weight excluding hydrogens is 989 g/mol. The number of thiophene rings is 2. The molecule has 4 heterocycles. The third-order valence-electron chi connectivity index (χ3n) is 16.3. The topological polar surface area (TPSA) is 32.8 Å². The highest BCUT2D eigenvalue weighted by Gasteiger charge is 2.27. The van der Waals surface area contributed by atoms with Gasteiger partial charge in [-0.15, -0.1) is 22.7 Å². The van der Waals surface area contributed by atoms with Crippen molar-refractivity contribution in [3.63, 3.8) is 0 Å². The van der Waals surface area contributed by atoms with Crippen LogP contribution in [0.3, 0.4) is 0 Å². The molecule has 0 atom stereocenters. The van der Waals surface area contributed by atoms with E-state index in [0.717, 1.165) is 78.0 Å². The molecule has 78 heavy (non-hydrogen) atoms. The molecule has 0 unspecified atom stereocenters. The van der Waals surface area contributed by atoms with Crippen LogP contribution in [-0.2, 0) is 10.8 Å². The molecule has 0 fully saturated rings. The molecule has 0 aliphatic rings. The van der Waals surface area contributed by atoms with Crippen molar-refractivity contribution in [2.24, 2.45) is 0 Å². The van der Waals surface area contributed by atoms with E-state index in [1.54, 1.807) is 0 Å². The molecule has 0 aliphatic carbocycles. The maximum absolute atomic E-state index is 7.01. The summed E-state index contributed by atoms with van der Waals surface area (Å²) in [6, 6.07) is 72.0. The van der Waals surface area contributed by atoms with Crippen LogP contribution in [0.2, 0.25) is 0 Å². The van der Waals surface area contributed by atoms with Crippen LogP contribution in [0.25, 0.3) is 106 Å². The molecule has 0 N–H and O–H groups in total. The predicted molar refractivity (Wildman–Crippen MR) is 338 cm³/mol. The molecule has 4 aromatic heterocycles. The number of nitrogens with zero attached hydrogens (tertiary/aromatic N) is 2. The van der Waals surface area contributed by atoms with Gasteiger partial charge in [0.15, 0.2) is 11.2 Å². The van der Waals surface area contributed by atoms with E-state index in [9.17, 15) is 0 Å². The van der Waals surface area contributed by atoms with Crippen molar-refractivity contribution < 1.29 is 8.83 Å². The largest absolute Gasteiger partial charge is 0.454 e. The highest BCUT2D eigenvalue weighted by atomic mass is 32.1. The minimum Gasteiger partial charge on any atom is -0.454 e. The van der Waals surface area contributed by atoms with E-state index in [1.807, 2.05) is 22.7 Å². The van der Waals surface area contributed by atoms with Crippen molar-refractivity contribution in [3.05, 3.63) is 216 Å². The van der Waals surface area contributed by atoms with Crippen LogP contribution in [0.15, 0.2) is 203 Å². The number of para-hydroxylation sites is 6. The van der Waals surface area contributed by atoms with Gasteiger partial charge in [-0.25, -0.2) is 0 Å². The number of benzene rings is 11. The van der Waals surface area contributed by atoms with Crippen LogP contribution < -0.4 is 9.80 Å². The van der Waals surface area contributed by atoms with E-state index >= 15 is 0 Å². The SMILES string of the molecule is Cc1ccccc1N(c1ccc2cc3c(cc2c1)sc1ccc2sc4cc5cc(N(c6ccccc6C)c6cccc7c6oc6c(C(C)(C)C)cccc67)ccc5cc4c2c13)c1cccc2c1oc1c(C(C)(C)C)cccc12. The summed E-state index contributed by atoms with van der Waals surface area (Å²) in [6.45, 7) is 17.9. The van der Waals surface area contributed by atoms with Gasteiger partial charge in [-0.3, -0.25) is 0 Å². The van der Waals surface area contributed by atoms with Crippen molar-refractivity contribution in [2.75, 3.05) is 9.80 Å². The lowest BCUT2D eigenvalue weighted by molar-refractivity contribution is 0.572.